The minimum Gasteiger partial charge on any atom is -0.0984 e. The molecule has 41 heavy (non-hydrogen) atoms. The van der Waals surface area contributed by atoms with Gasteiger partial charge in [0.15, 0.2) is 0 Å². The van der Waals surface area contributed by atoms with Crippen LogP contribution in [0.2, 0.25) is 0 Å². The van der Waals surface area contributed by atoms with Crippen LogP contribution >= 0.6 is 0 Å². The maximum absolute atomic E-state index is 4.25. The van der Waals surface area contributed by atoms with Gasteiger partial charge >= 0.3 is 0 Å². The predicted octanol–water partition coefficient (Wildman–Crippen LogP) is 12.2. The summed E-state index contributed by atoms with van der Waals surface area (Å²) < 4.78 is 0. The van der Waals surface area contributed by atoms with Crippen molar-refractivity contribution in [3.8, 4) is 22.3 Å². The van der Waals surface area contributed by atoms with Crippen LogP contribution in [0.25, 0.3) is 27.8 Å². The lowest BCUT2D eigenvalue weighted by Gasteiger charge is -2.32. The molecule has 6 rings (SSSR count). The summed E-state index contributed by atoms with van der Waals surface area (Å²) in [5.41, 5.74) is 16.9. The van der Waals surface area contributed by atoms with E-state index in [1.54, 1.807) is 0 Å². The molecule has 0 heteroatoms. The van der Waals surface area contributed by atoms with Crippen molar-refractivity contribution >= 4 is 5.57 Å². The summed E-state index contributed by atoms with van der Waals surface area (Å²) >= 11 is 0. The first-order chi connectivity index (χ1) is 20.0. The first kappa shape index (κ1) is 31.6. The highest BCUT2D eigenvalue weighted by Gasteiger charge is 2.52. The molecule has 1 spiro atoms. The molecule has 4 aromatic rings. The first-order valence-corrected chi connectivity index (χ1v) is 15.4. The summed E-state index contributed by atoms with van der Waals surface area (Å²) in [5, 5.41) is 0. The zero-order valence-corrected chi connectivity index (χ0v) is 26.9. The zero-order chi connectivity index (χ0) is 30.3. The van der Waals surface area contributed by atoms with E-state index in [1.165, 1.54) is 72.3 Å². The van der Waals surface area contributed by atoms with Crippen molar-refractivity contribution in [2.45, 2.75) is 74.7 Å². The largest absolute Gasteiger partial charge is 0.0984 e. The second-order valence-electron chi connectivity index (χ2n) is 9.85. The normalized spacial score (nSPS) is 15.6. The minimum absolute atomic E-state index is 0.335. The number of rotatable bonds is 3. The van der Waals surface area contributed by atoms with Gasteiger partial charge in [0.05, 0.1) is 5.41 Å². The van der Waals surface area contributed by atoms with Crippen LogP contribution in [0.5, 0.6) is 0 Å². The molecule has 4 aromatic carbocycles. The lowest BCUT2D eigenvalue weighted by Crippen LogP contribution is -2.27. The Kier molecular flexibility index (Phi) is 10.5. The number of fused-ring (bicyclic) bond motifs is 7. The average molecular weight is 541 g/mol. The lowest BCUT2D eigenvalue weighted by molar-refractivity contribution is 0.784. The average Bonchev–Trinajstić information content (AvgIpc) is 3.47. The van der Waals surface area contributed by atoms with Crippen LogP contribution in [-0.4, -0.2) is 0 Å². The van der Waals surface area contributed by atoms with E-state index in [1.807, 2.05) is 47.6 Å². The van der Waals surface area contributed by atoms with Crippen LogP contribution < -0.4 is 0 Å². The van der Waals surface area contributed by atoms with Crippen LogP contribution in [0.4, 0.5) is 0 Å². The van der Waals surface area contributed by atoms with Crippen LogP contribution in [-0.2, 0) is 5.41 Å². The van der Waals surface area contributed by atoms with Gasteiger partial charge in [-0.2, -0.15) is 0 Å². The molecule has 0 bridgehead atoms. The van der Waals surface area contributed by atoms with Crippen molar-refractivity contribution in [1.29, 1.82) is 0 Å². The van der Waals surface area contributed by atoms with Gasteiger partial charge in [-0.25, -0.2) is 0 Å². The second kappa shape index (κ2) is 13.6. The Bertz CT molecular complexity index is 1590. The third-order valence-electron chi connectivity index (χ3n) is 8.01. The van der Waals surface area contributed by atoms with E-state index in [9.17, 15) is 0 Å². The molecule has 1 unspecified atom stereocenters. The van der Waals surface area contributed by atoms with Gasteiger partial charge in [0.1, 0.15) is 0 Å². The highest BCUT2D eigenvalue weighted by atomic mass is 14.5. The lowest BCUT2D eigenvalue weighted by atomic mass is 9.69. The van der Waals surface area contributed by atoms with Gasteiger partial charge in [-0.15, -0.1) is 0 Å². The van der Waals surface area contributed by atoms with E-state index in [0.29, 0.717) is 0 Å². The standard InChI is InChI=1S/C35H30.3C2H6/c1-6-12-30-25(7-2)28-15-10-11-16-31(28)35(30)32-20-19-27(26-14-9-8-13-23(26)4)24(5)34(32)29-18-17-22(3)21-33(29)35;3*1-2/h6-21H,2H2,1,3-5H3;3*1-2H3/b12-6-;;;. The summed E-state index contributed by atoms with van der Waals surface area (Å²) in [5.74, 6) is 0. The Hall–Kier alpha value is -3.90. The van der Waals surface area contributed by atoms with Crippen molar-refractivity contribution in [3.63, 3.8) is 0 Å². The fourth-order valence-corrected chi connectivity index (χ4v) is 6.59. The van der Waals surface area contributed by atoms with Crippen molar-refractivity contribution in [1.82, 2.24) is 0 Å². The molecule has 0 heterocycles. The molecule has 0 aliphatic heterocycles. The topological polar surface area (TPSA) is 0 Å². The van der Waals surface area contributed by atoms with E-state index in [0.717, 1.165) is 0 Å². The maximum Gasteiger partial charge on any atom is 0.0725 e. The summed E-state index contributed by atoms with van der Waals surface area (Å²) in [6, 6.07) is 29.4. The van der Waals surface area contributed by atoms with Crippen LogP contribution in [0, 0.1) is 20.8 Å². The van der Waals surface area contributed by atoms with Crippen molar-refractivity contribution in [2.75, 3.05) is 0 Å². The first-order valence-electron chi connectivity index (χ1n) is 15.4. The third-order valence-corrected chi connectivity index (χ3v) is 8.01. The van der Waals surface area contributed by atoms with Crippen molar-refractivity contribution < 1.29 is 0 Å². The molecule has 2 aliphatic rings. The number of hydrogen-bond acceptors (Lipinski definition) is 0. The van der Waals surface area contributed by atoms with Gasteiger partial charge in [0, 0.05) is 0 Å². The molecule has 212 valence electrons. The third kappa shape index (κ3) is 4.84. The molecule has 0 N–H and O–H groups in total. The molecular formula is C41H48. The second-order valence-corrected chi connectivity index (χ2v) is 9.85. The minimum atomic E-state index is -0.335. The van der Waals surface area contributed by atoms with Crippen molar-refractivity contribution in [2.24, 2.45) is 0 Å². The van der Waals surface area contributed by atoms with E-state index in [4.69, 9.17) is 0 Å². The van der Waals surface area contributed by atoms with Gasteiger partial charge in [-0.3, -0.25) is 0 Å². The number of benzene rings is 4. The summed E-state index contributed by atoms with van der Waals surface area (Å²) in [6.45, 7) is 25.1. The van der Waals surface area contributed by atoms with Gasteiger partial charge in [-0.1, -0.05) is 151 Å². The Morgan fingerprint density at radius 3 is 1.85 bits per heavy atom. The smallest absolute Gasteiger partial charge is 0.0725 e. The fourth-order valence-electron chi connectivity index (χ4n) is 6.59. The molecule has 1 atom stereocenters. The molecule has 0 radical (unpaired) electrons. The monoisotopic (exact) mass is 540 g/mol. The summed E-state index contributed by atoms with van der Waals surface area (Å²) in [7, 11) is 0. The van der Waals surface area contributed by atoms with E-state index in [2.05, 4.69) is 125 Å². The molecule has 0 amide bonds. The Balaban J connectivity index is 0.000000725. The number of allylic oxidation sites excluding steroid dienone is 5. The van der Waals surface area contributed by atoms with E-state index < -0.39 is 0 Å². The van der Waals surface area contributed by atoms with Crippen LogP contribution in [0.1, 0.15) is 87.4 Å². The Morgan fingerprint density at radius 2 is 1.22 bits per heavy atom. The van der Waals surface area contributed by atoms with Gasteiger partial charge in [0.25, 0.3) is 0 Å². The van der Waals surface area contributed by atoms with Crippen LogP contribution in [0.15, 0.2) is 109 Å². The highest BCUT2D eigenvalue weighted by Crippen LogP contribution is 2.63. The SMILES string of the molecule is C=CC1=C(/C=C\C)C2(c3ccccc31)c1cc(C)ccc1-c1c2ccc(-c2ccccc2C)c1C.CC.CC.CC. The van der Waals surface area contributed by atoms with Gasteiger partial charge in [-0.05, 0) is 94.5 Å². The maximum atomic E-state index is 4.25. The van der Waals surface area contributed by atoms with Crippen LogP contribution in [0.3, 0.4) is 0 Å². The molecule has 0 nitrogen and oxygen atoms in total. The van der Waals surface area contributed by atoms with Crippen molar-refractivity contribution in [3.05, 3.63) is 148 Å². The summed E-state index contributed by atoms with van der Waals surface area (Å²) in [4.78, 5) is 0. The molecule has 0 aromatic heterocycles. The Morgan fingerprint density at radius 1 is 0.610 bits per heavy atom. The quantitative estimate of drug-likeness (QED) is 0.242. The van der Waals surface area contributed by atoms with Gasteiger partial charge in [0.2, 0.25) is 0 Å². The number of aryl methyl sites for hydroxylation is 2. The molecule has 2 aliphatic carbocycles. The predicted molar refractivity (Wildman–Crippen MR) is 184 cm³/mol. The zero-order valence-electron chi connectivity index (χ0n) is 26.9. The molecule has 0 saturated heterocycles. The molecule has 0 fully saturated rings. The highest BCUT2D eigenvalue weighted by molar-refractivity contribution is 5.99. The van der Waals surface area contributed by atoms with E-state index >= 15 is 0 Å². The molecular weight excluding hydrogens is 492 g/mol. The molecule has 0 saturated carbocycles. The fraction of sp³-hybridized carbons (Fsp3) is 0.268. The number of hydrogen-bond donors (Lipinski definition) is 0. The Labute approximate surface area is 250 Å². The van der Waals surface area contributed by atoms with E-state index in [-0.39, 0.29) is 5.41 Å². The van der Waals surface area contributed by atoms with Gasteiger partial charge < -0.3 is 0 Å². The summed E-state index contributed by atoms with van der Waals surface area (Å²) in [6.07, 6.45) is 6.53.